The summed E-state index contributed by atoms with van der Waals surface area (Å²) in [5.41, 5.74) is 18.1. The number of rotatable bonds is 6. The van der Waals surface area contributed by atoms with Crippen molar-refractivity contribution < 1.29 is 9.47 Å². The molecule has 0 aliphatic heterocycles. The fourth-order valence-corrected chi connectivity index (χ4v) is 10.8. The van der Waals surface area contributed by atoms with E-state index in [2.05, 4.69) is 89.6 Å². The van der Waals surface area contributed by atoms with Crippen molar-refractivity contribution in [3.8, 4) is 52.0 Å². The molecule has 0 bridgehead atoms. The second-order valence-corrected chi connectivity index (χ2v) is 13.7. The molecule has 41 heavy (non-hydrogen) atoms. The molecule has 0 spiro atoms. The molecule has 0 amide bonds. The van der Waals surface area contributed by atoms with Crippen LogP contribution in [0.2, 0.25) is 0 Å². The molecule has 3 heterocycles. The van der Waals surface area contributed by atoms with E-state index in [4.69, 9.17) is 9.47 Å². The molecule has 5 aromatic rings. The van der Waals surface area contributed by atoms with Crippen molar-refractivity contribution in [2.75, 3.05) is 14.2 Å². The first-order valence-corrected chi connectivity index (χ1v) is 16.2. The molecule has 5 heteroatoms. The van der Waals surface area contributed by atoms with Gasteiger partial charge in [0, 0.05) is 0 Å². The summed E-state index contributed by atoms with van der Waals surface area (Å²) in [7, 11) is 3.56. The zero-order valence-corrected chi connectivity index (χ0v) is 28.1. The van der Waals surface area contributed by atoms with E-state index in [0.29, 0.717) is 0 Å². The van der Waals surface area contributed by atoms with Crippen molar-refractivity contribution >= 4 is 20.4 Å². The van der Waals surface area contributed by atoms with E-state index in [0.717, 1.165) is 11.5 Å². The van der Waals surface area contributed by atoms with E-state index >= 15 is 0 Å². The number of ether oxygens (including phenoxy) is 2. The van der Waals surface area contributed by atoms with Gasteiger partial charge in [-0.1, -0.05) is 0 Å². The topological polar surface area (TPSA) is 44.2 Å². The summed E-state index contributed by atoms with van der Waals surface area (Å²) in [4.78, 5) is 8.48. The van der Waals surface area contributed by atoms with Crippen LogP contribution in [0.15, 0.2) is 49.1 Å². The van der Waals surface area contributed by atoms with Gasteiger partial charge in [-0.25, -0.2) is 0 Å². The van der Waals surface area contributed by atoms with Gasteiger partial charge >= 0.3 is 255 Å². The first-order chi connectivity index (χ1) is 19.6. The minimum atomic E-state index is -0.844. The van der Waals surface area contributed by atoms with E-state index in [1.54, 1.807) is 14.2 Å². The first kappa shape index (κ1) is 29.1. The van der Waals surface area contributed by atoms with Gasteiger partial charge in [0.25, 0.3) is 0 Å². The Labute approximate surface area is 254 Å². The van der Waals surface area contributed by atoms with Crippen LogP contribution in [0, 0.1) is 55.4 Å². The van der Waals surface area contributed by atoms with E-state index < -0.39 is 20.4 Å². The fraction of sp³-hybridized carbons (Fsp3) is 0.278. The molecule has 0 fully saturated rings. The first-order valence-electron chi connectivity index (χ1n) is 13.9. The Hall–Kier alpha value is -3.39. The Balaban J connectivity index is 1.79. The van der Waals surface area contributed by atoms with Crippen molar-refractivity contribution in [3.63, 3.8) is 0 Å². The normalized spacial score (nSPS) is 11.2. The van der Waals surface area contributed by atoms with Crippen LogP contribution in [0.3, 0.4) is 0 Å². The van der Waals surface area contributed by atoms with Crippen molar-refractivity contribution in [1.29, 1.82) is 0 Å². The molecule has 0 atom stereocenters. The maximum atomic E-state index is 6.19. The summed E-state index contributed by atoms with van der Waals surface area (Å²) in [5, 5.41) is 0. The van der Waals surface area contributed by atoms with Crippen LogP contribution in [-0.2, 0) is 0 Å². The Kier molecular flexibility index (Phi) is 8.15. The Morgan fingerprint density at radius 1 is 0.439 bits per heavy atom. The molecule has 0 saturated carbocycles. The van der Waals surface area contributed by atoms with Crippen molar-refractivity contribution in [1.82, 2.24) is 9.97 Å². The van der Waals surface area contributed by atoms with Gasteiger partial charge in [-0.15, -0.1) is 0 Å². The average molecular weight is 658 g/mol. The van der Waals surface area contributed by atoms with Gasteiger partial charge in [-0.05, 0) is 0 Å². The molecule has 0 aliphatic rings. The number of aromatic nitrogens is 2. The predicted molar refractivity (Wildman–Crippen MR) is 172 cm³/mol. The summed E-state index contributed by atoms with van der Waals surface area (Å²) in [6.45, 7) is 18.0. The molecule has 4 nitrogen and oxygen atoms in total. The van der Waals surface area contributed by atoms with Gasteiger partial charge in [-0.3, -0.25) is 0 Å². The fourth-order valence-electron chi connectivity index (χ4n) is 6.31. The predicted octanol–water partition coefficient (Wildman–Crippen LogP) is 8.69. The van der Waals surface area contributed by atoms with Gasteiger partial charge in [-0.2, -0.15) is 0 Å². The maximum absolute atomic E-state index is 6.19. The molecule has 210 valence electrons. The van der Waals surface area contributed by atoms with Gasteiger partial charge in [0.15, 0.2) is 0 Å². The molecule has 2 aromatic carbocycles. The van der Waals surface area contributed by atoms with E-state index in [1.807, 2.05) is 24.8 Å². The Morgan fingerprint density at radius 2 is 0.707 bits per heavy atom. The van der Waals surface area contributed by atoms with Gasteiger partial charge < -0.3 is 0 Å². The quantitative estimate of drug-likeness (QED) is 0.171. The monoisotopic (exact) mass is 660 g/mol. The average Bonchev–Trinajstić information content (AvgIpc) is 3.34. The zero-order chi connectivity index (χ0) is 29.6. The van der Waals surface area contributed by atoms with E-state index in [-0.39, 0.29) is 0 Å². The van der Waals surface area contributed by atoms with Crippen molar-refractivity contribution in [2.24, 2.45) is 0 Å². The molecule has 0 aliphatic carbocycles. The minimum absolute atomic E-state index is 0.844. The van der Waals surface area contributed by atoms with Crippen LogP contribution in [0.25, 0.3) is 40.5 Å². The number of benzene rings is 2. The van der Waals surface area contributed by atoms with Gasteiger partial charge in [0.1, 0.15) is 0 Å². The summed E-state index contributed by atoms with van der Waals surface area (Å²) in [6, 6.07) is 8.41. The van der Waals surface area contributed by atoms with Crippen LogP contribution >= 0.6 is 0 Å². The van der Waals surface area contributed by atoms with Crippen LogP contribution < -0.4 is 9.47 Å². The van der Waals surface area contributed by atoms with Gasteiger partial charge in [0.05, 0.1) is 0 Å². The van der Waals surface area contributed by atoms with Crippen LogP contribution in [0.5, 0.6) is 11.5 Å². The summed E-state index contributed by atoms with van der Waals surface area (Å²) in [6.07, 6.45) is 7.49. The second-order valence-electron chi connectivity index (χ2n) is 10.8. The number of hydrogen-bond donors (Lipinski definition) is 0. The van der Waals surface area contributed by atoms with Crippen LogP contribution in [0.1, 0.15) is 44.5 Å². The molecule has 0 radical (unpaired) electrons. The van der Waals surface area contributed by atoms with Crippen molar-refractivity contribution in [2.45, 2.75) is 55.4 Å². The van der Waals surface area contributed by atoms with E-state index in [1.165, 1.54) is 85.0 Å². The molecule has 0 N–H and O–H groups in total. The number of nitrogens with zero attached hydrogens (tertiary/aromatic N) is 2. The summed E-state index contributed by atoms with van der Waals surface area (Å²) >= 11 is -0.844. The summed E-state index contributed by atoms with van der Waals surface area (Å²) in [5.74, 6) is 1.78. The van der Waals surface area contributed by atoms with E-state index in [9.17, 15) is 0 Å². The third-order valence-corrected chi connectivity index (χ3v) is 12.3. The zero-order valence-electron chi connectivity index (χ0n) is 25.7. The third-order valence-electron chi connectivity index (χ3n) is 8.87. The second kappa shape index (κ2) is 11.5. The number of pyridine rings is 2. The molecular weight excluding hydrogens is 620 g/mol. The number of methoxy groups -OCH3 is 2. The molecule has 3 aromatic heterocycles. The molecular formula is C36H38N2O2Te. The number of hydrogen-bond acceptors (Lipinski definition) is 4. The van der Waals surface area contributed by atoms with Crippen molar-refractivity contribution in [3.05, 3.63) is 93.6 Å². The SMILES string of the molecule is COc1c(-c2c(C)c(C)c(-c3ccncc3)c(C)c2C)[te]c(-c2c(C)c(C)c(-c3ccncc3)c(C)c2C)c1OC. The Bertz CT molecular complexity index is 1580. The van der Waals surface area contributed by atoms with Crippen LogP contribution in [-0.4, -0.2) is 44.6 Å². The standard InChI is InChI=1S/C36H38N2O2Te/c1-19-23(5)31(24(6)20(2)29(19)27-11-15-37-16-12-27)35-33(39-9)34(40-10)36(41-35)32-25(7)21(3)30(22(4)26(32)8)28-13-17-38-18-14-28/h11-18H,1-10H3. The van der Waals surface area contributed by atoms with Crippen LogP contribution in [0.4, 0.5) is 0 Å². The molecule has 0 saturated heterocycles. The third kappa shape index (κ3) is 4.70. The Morgan fingerprint density at radius 3 is 0.976 bits per heavy atom. The molecule has 0 unspecified atom stereocenters. The van der Waals surface area contributed by atoms with Gasteiger partial charge in [0.2, 0.25) is 0 Å². The molecule has 5 rings (SSSR count). The summed E-state index contributed by atoms with van der Waals surface area (Å²) < 4.78 is 15.0.